The van der Waals surface area contributed by atoms with Crippen molar-refractivity contribution in [3.8, 4) is 10.6 Å². The lowest BCUT2D eigenvalue weighted by Crippen LogP contribution is -2.50. The zero-order chi connectivity index (χ0) is 23.0. The Morgan fingerprint density at radius 3 is 2.31 bits per heavy atom. The van der Waals surface area contributed by atoms with Gasteiger partial charge in [-0.2, -0.15) is 4.31 Å². The lowest BCUT2D eigenvalue weighted by molar-refractivity contribution is 0.0702. The topological polar surface area (TPSA) is 70.6 Å². The smallest absolute Gasteiger partial charge is 0.265 e. The van der Waals surface area contributed by atoms with Gasteiger partial charge in [-0.05, 0) is 62.2 Å². The number of halogens is 1. The van der Waals surface area contributed by atoms with Crippen LogP contribution in [0.5, 0.6) is 0 Å². The highest BCUT2D eigenvalue weighted by molar-refractivity contribution is 7.89. The molecule has 0 unspecified atom stereocenters. The molecule has 3 aromatic rings. The summed E-state index contributed by atoms with van der Waals surface area (Å²) in [4.78, 5) is 20.1. The highest BCUT2D eigenvalue weighted by Crippen LogP contribution is 2.30. The first-order valence-corrected chi connectivity index (χ1v) is 12.5. The van der Waals surface area contributed by atoms with Crippen molar-refractivity contribution in [2.75, 3.05) is 26.2 Å². The molecule has 0 radical (unpaired) electrons. The first-order chi connectivity index (χ1) is 15.2. The van der Waals surface area contributed by atoms with Crippen LogP contribution < -0.4 is 0 Å². The number of aryl methyl sites for hydroxylation is 3. The second kappa shape index (κ2) is 8.73. The van der Waals surface area contributed by atoms with E-state index < -0.39 is 10.0 Å². The number of amides is 1. The lowest BCUT2D eigenvalue weighted by Gasteiger charge is -2.34. The van der Waals surface area contributed by atoms with Crippen molar-refractivity contribution < 1.29 is 17.6 Å². The summed E-state index contributed by atoms with van der Waals surface area (Å²) in [5.74, 6) is -0.482. The molecule has 1 saturated heterocycles. The zero-order valence-electron chi connectivity index (χ0n) is 18.1. The van der Waals surface area contributed by atoms with E-state index in [1.54, 1.807) is 36.9 Å². The molecule has 1 aliphatic heterocycles. The second-order valence-electron chi connectivity index (χ2n) is 7.91. The van der Waals surface area contributed by atoms with Crippen LogP contribution in [-0.4, -0.2) is 54.7 Å². The number of benzene rings is 2. The van der Waals surface area contributed by atoms with Crippen LogP contribution in [0, 0.1) is 26.6 Å². The van der Waals surface area contributed by atoms with E-state index in [2.05, 4.69) is 4.98 Å². The molecule has 0 aliphatic carbocycles. The van der Waals surface area contributed by atoms with E-state index in [1.807, 2.05) is 19.1 Å². The minimum Gasteiger partial charge on any atom is -0.335 e. The molecular formula is C23H24FN3O3S2. The van der Waals surface area contributed by atoms with Gasteiger partial charge >= 0.3 is 0 Å². The summed E-state index contributed by atoms with van der Waals surface area (Å²) in [6, 6.07) is 11.4. The molecule has 6 nitrogen and oxygen atoms in total. The largest absolute Gasteiger partial charge is 0.335 e. The van der Waals surface area contributed by atoms with Gasteiger partial charge in [-0.25, -0.2) is 17.8 Å². The summed E-state index contributed by atoms with van der Waals surface area (Å²) in [6.45, 7) is 6.54. The number of hydrogen-bond acceptors (Lipinski definition) is 5. The maximum Gasteiger partial charge on any atom is 0.265 e. The van der Waals surface area contributed by atoms with Crippen LogP contribution in [0.3, 0.4) is 0 Å². The number of hydrogen-bond donors (Lipinski definition) is 0. The van der Waals surface area contributed by atoms with Crippen LogP contribution in [0.2, 0.25) is 0 Å². The molecule has 0 spiro atoms. The van der Waals surface area contributed by atoms with Crippen LogP contribution in [0.15, 0.2) is 47.4 Å². The van der Waals surface area contributed by atoms with Crippen molar-refractivity contribution in [2.24, 2.45) is 0 Å². The van der Waals surface area contributed by atoms with Crippen molar-refractivity contribution >= 4 is 27.3 Å². The highest BCUT2D eigenvalue weighted by Gasteiger charge is 2.32. The predicted octanol–water partition coefficient (Wildman–Crippen LogP) is 4.02. The maximum absolute atomic E-state index is 13.2. The summed E-state index contributed by atoms with van der Waals surface area (Å²) in [7, 11) is -3.62. The Morgan fingerprint density at radius 2 is 1.66 bits per heavy atom. The molecule has 0 saturated carbocycles. The van der Waals surface area contributed by atoms with E-state index in [9.17, 15) is 17.6 Å². The van der Waals surface area contributed by atoms with Gasteiger partial charge in [0.2, 0.25) is 10.0 Å². The summed E-state index contributed by atoms with van der Waals surface area (Å²) in [5.41, 5.74) is 2.97. The molecule has 32 heavy (non-hydrogen) atoms. The summed E-state index contributed by atoms with van der Waals surface area (Å²) < 4.78 is 40.9. The normalized spacial score (nSPS) is 15.2. The average Bonchev–Trinajstić information content (AvgIpc) is 3.17. The van der Waals surface area contributed by atoms with Gasteiger partial charge in [-0.1, -0.05) is 12.1 Å². The minimum absolute atomic E-state index is 0.155. The Morgan fingerprint density at radius 1 is 1.00 bits per heavy atom. The number of rotatable bonds is 4. The van der Waals surface area contributed by atoms with E-state index in [-0.39, 0.29) is 24.8 Å². The third-order valence-corrected chi connectivity index (χ3v) is 8.80. The van der Waals surface area contributed by atoms with Crippen LogP contribution in [-0.2, 0) is 10.0 Å². The van der Waals surface area contributed by atoms with Gasteiger partial charge in [0.05, 0.1) is 10.6 Å². The molecule has 0 atom stereocenters. The molecule has 1 aliphatic rings. The fraction of sp³-hybridized carbons (Fsp3) is 0.304. The number of piperazine rings is 1. The molecule has 1 fully saturated rings. The van der Waals surface area contributed by atoms with Gasteiger partial charge in [-0.3, -0.25) is 4.79 Å². The zero-order valence-corrected chi connectivity index (χ0v) is 19.8. The quantitative estimate of drug-likeness (QED) is 0.574. The van der Waals surface area contributed by atoms with Gasteiger partial charge < -0.3 is 4.90 Å². The standard InChI is InChI=1S/C23H24FN3O3S2/c1-15-4-5-16(2)20(14-15)32(29,30)27-12-10-26(11-13-27)23(28)21-17(3)25-22(31-21)18-6-8-19(24)9-7-18/h4-9,14H,10-13H2,1-3H3. The van der Waals surface area contributed by atoms with Crippen LogP contribution in [0.25, 0.3) is 10.6 Å². The van der Waals surface area contributed by atoms with E-state index in [0.29, 0.717) is 39.1 Å². The summed E-state index contributed by atoms with van der Waals surface area (Å²) in [6.07, 6.45) is 0. The van der Waals surface area contributed by atoms with Gasteiger partial charge in [0.15, 0.2) is 0 Å². The molecule has 0 N–H and O–H groups in total. The van der Waals surface area contributed by atoms with Crippen LogP contribution in [0.4, 0.5) is 4.39 Å². The van der Waals surface area contributed by atoms with Gasteiger partial charge in [0.1, 0.15) is 15.7 Å². The monoisotopic (exact) mass is 473 g/mol. The Labute approximate surface area is 191 Å². The molecular weight excluding hydrogens is 449 g/mol. The Kier molecular flexibility index (Phi) is 6.15. The lowest BCUT2D eigenvalue weighted by atomic mass is 10.2. The number of carbonyl (C=O) groups is 1. The van der Waals surface area contributed by atoms with Gasteiger partial charge in [0.25, 0.3) is 5.91 Å². The summed E-state index contributed by atoms with van der Waals surface area (Å²) >= 11 is 1.27. The Balaban J connectivity index is 1.48. The van der Waals surface area contributed by atoms with Crippen molar-refractivity contribution in [3.63, 3.8) is 0 Å². The SMILES string of the molecule is Cc1ccc(C)c(S(=O)(=O)N2CCN(C(=O)c3sc(-c4ccc(F)cc4)nc3C)CC2)c1. The third kappa shape index (κ3) is 4.32. The molecule has 1 amide bonds. The summed E-state index contributed by atoms with van der Waals surface area (Å²) in [5, 5.41) is 0.655. The Hall–Kier alpha value is -2.62. The Bertz CT molecular complexity index is 1260. The van der Waals surface area contributed by atoms with Gasteiger partial charge in [0, 0.05) is 31.7 Å². The molecule has 4 rings (SSSR count). The fourth-order valence-corrected chi connectivity index (χ4v) is 6.48. The second-order valence-corrected chi connectivity index (χ2v) is 10.8. The van der Waals surface area contributed by atoms with E-state index in [0.717, 1.165) is 11.1 Å². The third-order valence-electron chi connectivity index (χ3n) is 5.57. The van der Waals surface area contributed by atoms with E-state index >= 15 is 0 Å². The molecule has 0 bridgehead atoms. The first-order valence-electron chi connectivity index (χ1n) is 10.3. The minimum atomic E-state index is -3.62. The van der Waals surface area contributed by atoms with E-state index in [4.69, 9.17) is 0 Å². The fourth-order valence-electron chi connectivity index (χ4n) is 3.71. The van der Waals surface area contributed by atoms with Crippen molar-refractivity contribution in [1.82, 2.24) is 14.2 Å². The van der Waals surface area contributed by atoms with Crippen LogP contribution >= 0.6 is 11.3 Å². The predicted molar refractivity (Wildman–Crippen MR) is 123 cm³/mol. The number of nitrogens with zero attached hydrogens (tertiary/aromatic N) is 3. The number of carbonyl (C=O) groups excluding carboxylic acids is 1. The number of thiazole rings is 1. The molecule has 168 valence electrons. The van der Waals surface area contributed by atoms with Crippen LogP contribution in [0.1, 0.15) is 26.5 Å². The van der Waals surface area contributed by atoms with Crippen molar-refractivity contribution in [2.45, 2.75) is 25.7 Å². The van der Waals surface area contributed by atoms with Crippen molar-refractivity contribution in [3.05, 3.63) is 70.0 Å². The first kappa shape index (κ1) is 22.6. The molecule has 2 heterocycles. The average molecular weight is 474 g/mol. The highest BCUT2D eigenvalue weighted by atomic mass is 32.2. The molecule has 1 aromatic heterocycles. The molecule has 9 heteroatoms. The van der Waals surface area contributed by atoms with Gasteiger partial charge in [-0.15, -0.1) is 11.3 Å². The maximum atomic E-state index is 13.2. The van der Waals surface area contributed by atoms with E-state index in [1.165, 1.54) is 27.8 Å². The number of aromatic nitrogens is 1. The van der Waals surface area contributed by atoms with Crippen molar-refractivity contribution in [1.29, 1.82) is 0 Å². The molecule has 2 aromatic carbocycles. The number of sulfonamides is 1.